The lowest BCUT2D eigenvalue weighted by Gasteiger charge is -2.15. The van der Waals surface area contributed by atoms with Crippen molar-refractivity contribution in [2.75, 3.05) is 6.61 Å². The van der Waals surface area contributed by atoms with Gasteiger partial charge in [-0.3, -0.25) is 9.59 Å². The second kappa shape index (κ2) is 10.1. The quantitative estimate of drug-likeness (QED) is 0.678. The van der Waals surface area contributed by atoms with E-state index in [1.165, 1.54) is 5.56 Å². The van der Waals surface area contributed by atoms with E-state index in [0.717, 1.165) is 17.5 Å². The summed E-state index contributed by atoms with van der Waals surface area (Å²) in [4.78, 5) is 23.9. The van der Waals surface area contributed by atoms with Crippen molar-refractivity contribution in [1.29, 1.82) is 0 Å². The van der Waals surface area contributed by atoms with Crippen LogP contribution < -0.4 is 5.32 Å². The van der Waals surface area contributed by atoms with E-state index >= 15 is 0 Å². The van der Waals surface area contributed by atoms with Gasteiger partial charge in [0.05, 0.1) is 12.5 Å². The average molecular weight is 388 g/mol. The molecular weight excluding hydrogens is 362 g/mol. The van der Waals surface area contributed by atoms with E-state index in [2.05, 4.69) is 31.3 Å². The van der Waals surface area contributed by atoms with Gasteiger partial charge < -0.3 is 10.1 Å². The molecule has 0 aromatic heterocycles. The topological polar surface area (TPSA) is 55.4 Å². The Bertz CT molecular complexity index is 754. The number of esters is 1. The summed E-state index contributed by atoms with van der Waals surface area (Å²) in [7, 11) is 0. The number of ether oxygens (including phenoxy) is 1. The second-order valence-corrected chi connectivity index (χ2v) is 7.53. The molecule has 4 nitrogen and oxygen atoms in total. The maximum absolute atomic E-state index is 12.0. The predicted octanol–water partition coefficient (Wildman–Crippen LogP) is 4.50. The van der Waals surface area contributed by atoms with Gasteiger partial charge in [-0.2, -0.15) is 0 Å². The van der Waals surface area contributed by atoms with Crippen molar-refractivity contribution in [1.82, 2.24) is 5.32 Å². The van der Waals surface area contributed by atoms with Gasteiger partial charge >= 0.3 is 5.97 Å². The highest BCUT2D eigenvalue weighted by molar-refractivity contribution is 6.30. The first-order valence-electron chi connectivity index (χ1n) is 9.11. The molecule has 1 N–H and O–H groups in total. The summed E-state index contributed by atoms with van der Waals surface area (Å²) in [5, 5.41) is 3.46. The Labute approximate surface area is 165 Å². The molecule has 0 heterocycles. The minimum atomic E-state index is -0.446. The summed E-state index contributed by atoms with van der Waals surface area (Å²) < 4.78 is 5.05. The molecule has 0 aliphatic heterocycles. The number of hydrogen-bond acceptors (Lipinski definition) is 3. The maximum atomic E-state index is 12.0. The molecule has 0 radical (unpaired) electrons. The van der Waals surface area contributed by atoms with Crippen LogP contribution >= 0.6 is 11.6 Å². The van der Waals surface area contributed by atoms with E-state index < -0.39 is 5.97 Å². The zero-order valence-corrected chi connectivity index (χ0v) is 16.8. The third-order valence-electron chi connectivity index (χ3n) is 4.13. The van der Waals surface area contributed by atoms with Crippen LogP contribution in [0.25, 0.3) is 0 Å². The smallest absolute Gasteiger partial charge is 0.310 e. The molecule has 144 valence electrons. The van der Waals surface area contributed by atoms with E-state index in [0.29, 0.717) is 10.9 Å². The van der Waals surface area contributed by atoms with Crippen LogP contribution in [0.5, 0.6) is 0 Å². The summed E-state index contributed by atoms with van der Waals surface area (Å²) in [5.74, 6) is -0.160. The lowest BCUT2D eigenvalue weighted by molar-refractivity contribution is -0.148. The standard InChI is InChI=1S/C22H26ClNO3/c1-15(2)12-17-4-8-19(9-5-17)16(3)24-21(25)14-27-22(26)13-18-6-10-20(23)11-7-18/h4-11,15-16H,12-14H2,1-3H3,(H,24,25)/t16-/m0/s1. The van der Waals surface area contributed by atoms with Gasteiger partial charge in [0.1, 0.15) is 0 Å². The summed E-state index contributed by atoms with van der Waals surface area (Å²) in [6, 6.07) is 15.0. The third-order valence-corrected chi connectivity index (χ3v) is 4.38. The molecule has 0 fully saturated rings. The molecule has 0 saturated carbocycles. The SMILES string of the molecule is CC(C)Cc1ccc([C@H](C)NC(=O)COC(=O)Cc2ccc(Cl)cc2)cc1. The molecular formula is C22H26ClNO3. The van der Waals surface area contributed by atoms with Gasteiger partial charge in [0.15, 0.2) is 6.61 Å². The van der Waals surface area contributed by atoms with Crippen LogP contribution in [-0.4, -0.2) is 18.5 Å². The Kier molecular flexibility index (Phi) is 7.86. The summed E-state index contributed by atoms with van der Waals surface area (Å²) in [6.45, 7) is 5.99. The Morgan fingerprint density at radius 3 is 2.15 bits per heavy atom. The first kappa shape index (κ1) is 21.0. The maximum Gasteiger partial charge on any atom is 0.310 e. The number of halogens is 1. The third kappa shape index (κ3) is 7.43. The van der Waals surface area contributed by atoms with Crippen LogP contribution in [-0.2, 0) is 27.2 Å². The Balaban J connectivity index is 1.77. The van der Waals surface area contributed by atoms with Gasteiger partial charge in [0.2, 0.25) is 0 Å². The van der Waals surface area contributed by atoms with E-state index in [9.17, 15) is 9.59 Å². The van der Waals surface area contributed by atoms with Crippen molar-refractivity contribution in [3.05, 3.63) is 70.2 Å². The molecule has 0 saturated heterocycles. The molecule has 2 rings (SSSR count). The highest BCUT2D eigenvalue weighted by Gasteiger charge is 2.12. The van der Waals surface area contributed by atoms with Gasteiger partial charge in [0, 0.05) is 5.02 Å². The molecule has 2 aromatic rings. The van der Waals surface area contributed by atoms with Gasteiger partial charge in [-0.1, -0.05) is 61.8 Å². The largest absolute Gasteiger partial charge is 0.455 e. The van der Waals surface area contributed by atoms with Gasteiger partial charge in [-0.05, 0) is 48.1 Å². The van der Waals surface area contributed by atoms with Gasteiger partial charge in [-0.15, -0.1) is 0 Å². The van der Waals surface area contributed by atoms with E-state index in [1.807, 2.05) is 19.1 Å². The number of amides is 1. The van der Waals surface area contributed by atoms with E-state index in [1.54, 1.807) is 24.3 Å². The molecule has 0 unspecified atom stereocenters. The van der Waals surface area contributed by atoms with Crippen LogP contribution in [0.1, 0.15) is 43.5 Å². The number of carbonyl (C=O) groups excluding carboxylic acids is 2. The van der Waals surface area contributed by atoms with E-state index in [-0.39, 0.29) is 25.0 Å². The molecule has 0 aliphatic rings. The molecule has 5 heteroatoms. The number of nitrogens with one attached hydrogen (secondary N) is 1. The zero-order chi connectivity index (χ0) is 19.8. The lowest BCUT2D eigenvalue weighted by Crippen LogP contribution is -2.31. The van der Waals surface area contributed by atoms with Crippen molar-refractivity contribution in [3.63, 3.8) is 0 Å². The molecule has 27 heavy (non-hydrogen) atoms. The monoisotopic (exact) mass is 387 g/mol. The zero-order valence-electron chi connectivity index (χ0n) is 16.0. The first-order chi connectivity index (χ1) is 12.8. The number of benzene rings is 2. The fraction of sp³-hybridized carbons (Fsp3) is 0.364. The van der Waals surface area contributed by atoms with Gasteiger partial charge in [0.25, 0.3) is 5.91 Å². The molecule has 1 atom stereocenters. The molecule has 0 aliphatic carbocycles. The fourth-order valence-electron chi connectivity index (χ4n) is 2.75. The summed E-state index contributed by atoms with van der Waals surface area (Å²) >= 11 is 5.81. The minimum Gasteiger partial charge on any atom is -0.455 e. The first-order valence-corrected chi connectivity index (χ1v) is 9.49. The molecule has 0 spiro atoms. The normalized spacial score (nSPS) is 11.9. The van der Waals surface area contributed by atoms with Crippen LogP contribution in [0.3, 0.4) is 0 Å². The highest BCUT2D eigenvalue weighted by atomic mass is 35.5. The van der Waals surface area contributed by atoms with Crippen molar-refractivity contribution >= 4 is 23.5 Å². The summed E-state index contributed by atoms with van der Waals surface area (Å²) in [5.41, 5.74) is 3.09. The Morgan fingerprint density at radius 1 is 0.963 bits per heavy atom. The van der Waals surface area contributed by atoms with Gasteiger partial charge in [-0.25, -0.2) is 0 Å². The number of hydrogen-bond donors (Lipinski definition) is 1. The number of carbonyl (C=O) groups is 2. The fourth-order valence-corrected chi connectivity index (χ4v) is 2.87. The van der Waals surface area contributed by atoms with Crippen LogP contribution in [0, 0.1) is 5.92 Å². The molecule has 1 amide bonds. The summed E-state index contributed by atoms with van der Waals surface area (Å²) in [6.07, 6.45) is 1.14. The Morgan fingerprint density at radius 2 is 1.56 bits per heavy atom. The van der Waals surface area contributed by atoms with Crippen molar-refractivity contribution in [2.45, 2.75) is 39.7 Å². The highest BCUT2D eigenvalue weighted by Crippen LogP contribution is 2.15. The second-order valence-electron chi connectivity index (χ2n) is 7.09. The average Bonchev–Trinajstić information content (AvgIpc) is 2.62. The Hall–Kier alpha value is -2.33. The minimum absolute atomic E-state index is 0.108. The van der Waals surface area contributed by atoms with Crippen molar-refractivity contribution < 1.29 is 14.3 Å². The predicted molar refractivity (Wildman–Crippen MR) is 108 cm³/mol. The van der Waals surface area contributed by atoms with Crippen molar-refractivity contribution in [2.24, 2.45) is 5.92 Å². The number of rotatable bonds is 8. The van der Waals surface area contributed by atoms with E-state index in [4.69, 9.17) is 16.3 Å². The van der Waals surface area contributed by atoms with Crippen LogP contribution in [0.4, 0.5) is 0 Å². The lowest BCUT2D eigenvalue weighted by atomic mass is 10.00. The van der Waals surface area contributed by atoms with Crippen molar-refractivity contribution in [3.8, 4) is 0 Å². The van der Waals surface area contributed by atoms with Crippen LogP contribution in [0.2, 0.25) is 5.02 Å². The molecule has 2 aromatic carbocycles. The molecule has 0 bridgehead atoms. The van der Waals surface area contributed by atoms with Crippen LogP contribution in [0.15, 0.2) is 48.5 Å².